The number of hydrogen-bond acceptors (Lipinski definition) is 9. The fraction of sp³-hybridized carbons (Fsp3) is 0.378. The quantitative estimate of drug-likeness (QED) is 0.153. The van der Waals surface area contributed by atoms with Gasteiger partial charge in [0, 0.05) is 88.3 Å². The molecule has 2 amide bonds. The van der Waals surface area contributed by atoms with Crippen molar-refractivity contribution in [2.24, 2.45) is 0 Å². The summed E-state index contributed by atoms with van der Waals surface area (Å²) in [6.07, 6.45) is 3.43. The van der Waals surface area contributed by atoms with Gasteiger partial charge >= 0.3 is 0 Å². The second-order valence-electron chi connectivity index (χ2n) is 13.1. The summed E-state index contributed by atoms with van der Waals surface area (Å²) in [6.45, 7) is 9.63. The van der Waals surface area contributed by atoms with Crippen LogP contribution < -0.4 is 19.3 Å². The van der Waals surface area contributed by atoms with Gasteiger partial charge in [-0.1, -0.05) is 46.4 Å². The lowest BCUT2D eigenvalue weighted by atomic mass is 10.2. The Morgan fingerprint density at radius 2 is 1.16 bits per heavy atom. The van der Waals surface area contributed by atoms with Gasteiger partial charge in [0.2, 0.25) is 11.8 Å². The lowest BCUT2D eigenvalue weighted by molar-refractivity contribution is -0.133. The summed E-state index contributed by atoms with van der Waals surface area (Å²) in [7, 11) is 3.20. The average Bonchev–Trinajstić information content (AvgIpc) is 3.91. The molecular weight excluding hydrogens is 917 g/mol. The molecule has 0 unspecified atom stereocenters. The Kier molecular flexibility index (Phi) is 13.8. The number of nitrogens with zero attached hydrogens (tertiary/aromatic N) is 10. The van der Waals surface area contributed by atoms with E-state index < -0.39 is 0 Å². The van der Waals surface area contributed by atoms with Gasteiger partial charge in [0.15, 0.2) is 5.82 Å². The summed E-state index contributed by atoms with van der Waals surface area (Å²) in [5.74, 6) is 1.89. The normalized spacial score (nSPS) is 14.4. The zero-order chi connectivity index (χ0) is 40.1. The van der Waals surface area contributed by atoms with Crippen molar-refractivity contribution in [1.82, 2.24) is 39.1 Å². The highest BCUT2D eigenvalue weighted by Gasteiger charge is 2.25. The molecule has 0 N–H and O–H groups in total. The molecule has 7 rings (SSSR count). The van der Waals surface area contributed by atoms with E-state index in [1.54, 1.807) is 46.7 Å². The number of hydrogen-bond donors (Lipinski definition) is 0. The minimum atomic E-state index is 0.0117. The summed E-state index contributed by atoms with van der Waals surface area (Å²) in [5, 5.41) is 15.2. The first kappa shape index (κ1) is 41.7. The minimum absolute atomic E-state index is 0.0117. The van der Waals surface area contributed by atoms with E-state index in [4.69, 9.17) is 55.9 Å². The van der Waals surface area contributed by atoms with Crippen LogP contribution in [0.5, 0.6) is 11.5 Å². The Balaban J connectivity index is 0.000000192. The van der Waals surface area contributed by atoms with Gasteiger partial charge in [0.05, 0.1) is 40.7 Å². The van der Waals surface area contributed by atoms with E-state index in [9.17, 15) is 9.59 Å². The van der Waals surface area contributed by atoms with Crippen molar-refractivity contribution >= 4 is 92.2 Å². The number of rotatable bonds is 9. The second-order valence-corrected chi connectivity index (χ2v) is 15.6. The maximum absolute atomic E-state index is 12.9. The van der Waals surface area contributed by atoms with Gasteiger partial charge < -0.3 is 29.1 Å². The molecule has 0 saturated carbocycles. The molecule has 2 saturated heterocycles. The summed E-state index contributed by atoms with van der Waals surface area (Å²) in [4.78, 5) is 33.6. The molecule has 0 spiro atoms. The second kappa shape index (κ2) is 18.6. The van der Waals surface area contributed by atoms with Crippen LogP contribution in [-0.2, 0) is 22.7 Å². The number of anilines is 2. The van der Waals surface area contributed by atoms with Crippen LogP contribution in [0.25, 0.3) is 5.82 Å². The van der Waals surface area contributed by atoms with E-state index in [-0.39, 0.29) is 24.9 Å². The van der Waals surface area contributed by atoms with E-state index in [1.807, 2.05) is 60.0 Å². The van der Waals surface area contributed by atoms with E-state index in [0.717, 1.165) is 52.6 Å². The predicted molar refractivity (Wildman–Crippen MR) is 227 cm³/mol. The van der Waals surface area contributed by atoms with Crippen molar-refractivity contribution in [1.29, 1.82) is 0 Å². The van der Waals surface area contributed by atoms with Gasteiger partial charge in [-0.2, -0.15) is 15.3 Å². The van der Waals surface area contributed by atoms with Crippen molar-refractivity contribution in [3.63, 3.8) is 0 Å². The van der Waals surface area contributed by atoms with Crippen LogP contribution in [-0.4, -0.2) is 118 Å². The lowest BCUT2D eigenvalue weighted by Gasteiger charge is -2.36. The van der Waals surface area contributed by atoms with Crippen LogP contribution in [0.3, 0.4) is 0 Å². The van der Waals surface area contributed by atoms with Crippen LogP contribution in [0, 0.1) is 17.5 Å². The van der Waals surface area contributed by atoms with Crippen molar-refractivity contribution in [2.45, 2.75) is 26.9 Å². The number of carbonyl (C=O) groups is 2. The third-order valence-corrected chi connectivity index (χ3v) is 12.4. The monoisotopic (exact) mass is 956 g/mol. The Bertz CT molecular complexity index is 2160. The van der Waals surface area contributed by atoms with E-state index in [2.05, 4.69) is 47.7 Å². The third kappa shape index (κ3) is 9.44. The summed E-state index contributed by atoms with van der Waals surface area (Å²) in [5.41, 5.74) is 3.63. The molecule has 5 heterocycles. The van der Waals surface area contributed by atoms with Crippen molar-refractivity contribution in [2.75, 3.05) is 76.4 Å². The molecule has 2 aliphatic rings. The van der Waals surface area contributed by atoms with Crippen LogP contribution in [0.4, 0.5) is 11.4 Å². The summed E-state index contributed by atoms with van der Waals surface area (Å²) < 4.78 is 16.2. The molecule has 56 heavy (non-hydrogen) atoms. The fourth-order valence-corrected chi connectivity index (χ4v) is 7.82. The van der Waals surface area contributed by atoms with E-state index >= 15 is 0 Å². The first-order valence-corrected chi connectivity index (χ1v) is 20.3. The zero-order valence-electron chi connectivity index (χ0n) is 31.3. The third-order valence-electron chi connectivity index (χ3n) is 9.77. The fourth-order valence-electron chi connectivity index (χ4n) is 6.42. The lowest BCUT2D eigenvalue weighted by Crippen LogP contribution is -2.49. The number of halogens is 5. The number of piperazine rings is 2. The molecule has 0 radical (unpaired) electrons. The molecule has 2 aliphatic heterocycles. The van der Waals surface area contributed by atoms with Gasteiger partial charge in [0.25, 0.3) is 0 Å². The smallest absolute Gasteiger partial charge is 0.244 e. The van der Waals surface area contributed by atoms with E-state index in [0.29, 0.717) is 63.6 Å². The molecule has 0 bridgehead atoms. The highest BCUT2D eigenvalue weighted by Crippen LogP contribution is 2.31. The van der Waals surface area contributed by atoms with Gasteiger partial charge in [-0.25, -0.2) is 4.68 Å². The zero-order valence-corrected chi connectivity index (χ0v) is 36.4. The van der Waals surface area contributed by atoms with Crippen LogP contribution in [0.15, 0.2) is 54.9 Å². The van der Waals surface area contributed by atoms with Crippen molar-refractivity contribution in [3.8, 4) is 17.3 Å². The standard InChI is InChI=1S/C20H22Cl2N6O2.C17H19Cl2IN4O2/c1-14-19(22)20(27-7-3-6-23-27)24-28(14)13-18(29)26-10-8-25(9-11-26)15-4-5-16(21)17(12-15)30-2;1-11-16(19)17(20)21-24(11)10-15(25)23-7-5-22(6-8-23)12-3-4-13(18)14(9-12)26-2/h3-7,12H,8-11,13H2,1-2H3;3-4,9H,5-8,10H2,1-2H3. The molecule has 3 aromatic heterocycles. The van der Waals surface area contributed by atoms with Crippen LogP contribution in [0.2, 0.25) is 20.1 Å². The average molecular weight is 959 g/mol. The van der Waals surface area contributed by atoms with Crippen molar-refractivity contribution < 1.29 is 19.1 Å². The Morgan fingerprint density at radius 3 is 1.57 bits per heavy atom. The molecule has 298 valence electrons. The topological polar surface area (TPSA) is 119 Å². The van der Waals surface area contributed by atoms with Gasteiger partial charge in [-0.15, -0.1) is 0 Å². The van der Waals surface area contributed by atoms with Gasteiger partial charge in [0.1, 0.15) is 33.3 Å². The number of amides is 2. The number of benzene rings is 2. The highest BCUT2D eigenvalue weighted by atomic mass is 127. The first-order valence-electron chi connectivity index (χ1n) is 17.7. The number of aromatic nitrogens is 6. The predicted octanol–water partition coefficient (Wildman–Crippen LogP) is 6.50. The Morgan fingerprint density at radius 1 is 0.696 bits per heavy atom. The number of methoxy groups -OCH3 is 2. The van der Waals surface area contributed by atoms with Crippen LogP contribution >= 0.6 is 69.0 Å². The molecule has 2 fully saturated rings. The maximum atomic E-state index is 12.9. The number of carbonyl (C=O) groups excluding carboxylic acids is 2. The minimum Gasteiger partial charge on any atom is -0.495 e. The molecule has 0 atom stereocenters. The maximum Gasteiger partial charge on any atom is 0.244 e. The SMILES string of the molecule is COc1cc(N2CCN(C(=O)Cn3nc(-n4cccn4)c(Cl)c3C)CC2)ccc1Cl.COc1cc(N2CCN(C(=O)Cn3nc(I)c(Cl)c3C)CC2)ccc1Cl. The van der Waals surface area contributed by atoms with Crippen molar-refractivity contribution in [3.05, 3.63) is 90.0 Å². The van der Waals surface area contributed by atoms with Gasteiger partial charge in [-0.05, 0) is 66.8 Å². The van der Waals surface area contributed by atoms with Crippen LogP contribution in [0.1, 0.15) is 11.4 Å². The van der Waals surface area contributed by atoms with Gasteiger partial charge in [-0.3, -0.25) is 19.0 Å². The summed E-state index contributed by atoms with van der Waals surface area (Å²) >= 11 is 26.8. The molecule has 14 nitrogen and oxygen atoms in total. The molecule has 0 aliphatic carbocycles. The molecular formula is C37H41Cl4IN10O4. The summed E-state index contributed by atoms with van der Waals surface area (Å²) in [6, 6.07) is 13.2. The molecule has 19 heteroatoms. The molecule has 2 aromatic carbocycles. The highest BCUT2D eigenvalue weighted by molar-refractivity contribution is 14.1. The molecule has 5 aromatic rings. The Hall–Kier alpha value is -3.90. The number of ether oxygens (including phenoxy) is 2. The Labute approximate surface area is 358 Å². The first-order chi connectivity index (χ1) is 26.9. The largest absolute Gasteiger partial charge is 0.495 e. The van der Waals surface area contributed by atoms with E-state index in [1.165, 1.54) is 0 Å².